The number of hydrogen-bond donors (Lipinski definition) is 1. The number of benzene rings is 2. The Morgan fingerprint density at radius 1 is 0.605 bits per heavy atom. The Hall–Kier alpha value is -4.77. The number of halogens is 1. The summed E-state index contributed by atoms with van der Waals surface area (Å²) in [7, 11) is 0. The molecular formula is C26H23ClO11. The first-order valence-corrected chi connectivity index (χ1v) is 10.9. The van der Waals surface area contributed by atoms with E-state index in [0.717, 1.165) is 12.2 Å². The third-order valence-corrected chi connectivity index (χ3v) is 3.90. The molecule has 0 atom stereocenters. The van der Waals surface area contributed by atoms with Crippen LogP contribution in [0.2, 0.25) is 0 Å². The fourth-order valence-corrected chi connectivity index (χ4v) is 2.60. The molecule has 2 rings (SSSR count). The average Bonchev–Trinajstić information content (AvgIpc) is 2.78. The molecule has 0 spiro atoms. The van der Waals surface area contributed by atoms with E-state index in [1.54, 1.807) is 6.07 Å². The predicted molar refractivity (Wildman–Crippen MR) is 135 cm³/mol. The first-order valence-electron chi connectivity index (χ1n) is 10.6. The van der Waals surface area contributed by atoms with Gasteiger partial charge in [-0.1, -0.05) is 18.2 Å². The lowest BCUT2D eigenvalue weighted by Crippen LogP contribution is -2.07. The number of rotatable bonds is 8. The molecule has 2 aromatic carbocycles. The summed E-state index contributed by atoms with van der Waals surface area (Å²) in [5.74, 6) is -2.96. The highest BCUT2D eigenvalue weighted by Gasteiger charge is 2.11. The van der Waals surface area contributed by atoms with Crippen molar-refractivity contribution in [2.75, 3.05) is 0 Å². The van der Waals surface area contributed by atoms with E-state index in [-0.39, 0.29) is 23.0 Å². The van der Waals surface area contributed by atoms with Crippen molar-refractivity contribution in [3.8, 4) is 23.0 Å². The Kier molecular flexibility index (Phi) is 12.6. The zero-order valence-corrected chi connectivity index (χ0v) is 21.4. The SMILES string of the molecule is CC(=O)Oc1ccc(/C=C/C(=O)Cl)cc1OC(C)=O.CC(=O)Oc1ccc(/C=C/C(=O)O)cc1OC(C)=O. The van der Waals surface area contributed by atoms with Crippen LogP contribution in [0.25, 0.3) is 12.2 Å². The van der Waals surface area contributed by atoms with Gasteiger partial charge < -0.3 is 24.1 Å². The van der Waals surface area contributed by atoms with Gasteiger partial charge in [-0.25, -0.2) is 4.79 Å². The Balaban J connectivity index is 0.000000380. The molecule has 0 amide bonds. The molecule has 0 saturated carbocycles. The van der Waals surface area contributed by atoms with Gasteiger partial charge in [-0.15, -0.1) is 0 Å². The number of aliphatic carboxylic acids is 1. The normalized spacial score (nSPS) is 10.2. The molecule has 0 heterocycles. The monoisotopic (exact) mass is 546 g/mol. The standard InChI is InChI=1S/C13H11ClO5.C13H12O6/c1-8(15)18-11-5-3-10(4-6-13(14)17)7-12(11)19-9(2)16;1-8(14)18-11-5-3-10(4-6-13(16)17)7-12(11)19-9(2)15/h3-7H,1-2H3;3-7H,1-2H3,(H,16,17)/b2*6-4+. The fraction of sp³-hybridized carbons (Fsp3) is 0.154. The van der Waals surface area contributed by atoms with Gasteiger partial charge in [-0.2, -0.15) is 0 Å². The van der Waals surface area contributed by atoms with Crippen LogP contribution < -0.4 is 18.9 Å². The molecule has 0 aliphatic heterocycles. The van der Waals surface area contributed by atoms with E-state index >= 15 is 0 Å². The predicted octanol–water partition coefficient (Wildman–Crippen LogP) is 3.95. The van der Waals surface area contributed by atoms with Crippen molar-refractivity contribution >= 4 is 58.8 Å². The van der Waals surface area contributed by atoms with Crippen molar-refractivity contribution in [2.45, 2.75) is 27.7 Å². The lowest BCUT2D eigenvalue weighted by molar-refractivity contribution is -0.134. The molecule has 0 bridgehead atoms. The Bertz CT molecular complexity index is 1190. The minimum atomic E-state index is -1.10. The number of hydrogen-bond acceptors (Lipinski definition) is 10. The highest BCUT2D eigenvalue weighted by molar-refractivity contribution is 6.66. The molecule has 12 heteroatoms. The van der Waals surface area contributed by atoms with Gasteiger partial charge in [-0.05, 0) is 59.1 Å². The maximum Gasteiger partial charge on any atom is 0.328 e. The summed E-state index contributed by atoms with van der Waals surface area (Å²) < 4.78 is 19.6. The van der Waals surface area contributed by atoms with Crippen LogP contribution in [0.3, 0.4) is 0 Å². The van der Waals surface area contributed by atoms with Crippen molar-refractivity contribution in [3.63, 3.8) is 0 Å². The molecule has 38 heavy (non-hydrogen) atoms. The summed E-state index contributed by atoms with van der Waals surface area (Å²) in [5, 5.41) is 7.89. The van der Waals surface area contributed by atoms with Gasteiger partial charge in [0.05, 0.1) is 0 Å². The first kappa shape index (κ1) is 31.3. The largest absolute Gasteiger partial charge is 0.478 e. The van der Waals surface area contributed by atoms with Gasteiger partial charge in [0.2, 0.25) is 5.24 Å². The van der Waals surface area contributed by atoms with Gasteiger partial charge in [0.25, 0.3) is 0 Å². The lowest BCUT2D eigenvalue weighted by Gasteiger charge is -2.09. The third kappa shape index (κ3) is 12.8. The Morgan fingerprint density at radius 2 is 0.947 bits per heavy atom. The van der Waals surface area contributed by atoms with Crippen molar-refractivity contribution in [1.82, 2.24) is 0 Å². The van der Waals surface area contributed by atoms with E-state index in [0.29, 0.717) is 11.1 Å². The second-order valence-corrected chi connectivity index (χ2v) is 7.47. The van der Waals surface area contributed by atoms with E-state index in [1.807, 2.05) is 0 Å². The molecule has 11 nitrogen and oxygen atoms in total. The van der Waals surface area contributed by atoms with Crippen LogP contribution in [0.4, 0.5) is 0 Å². The number of carbonyl (C=O) groups excluding carboxylic acids is 5. The van der Waals surface area contributed by atoms with E-state index in [9.17, 15) is 28.8 Å². The van der Waals surface area contributed by atoms with Crippen LogP contribution in [0.15, 0.2) is 48.6 Å². The van der Waals surface area contributed by atoms with Crippen molar-refractivity contribution in [2.24, 2.45) is 0 Å². The van der Waals surface area contributed by atoms with E-state index in [1.165, 1.54) is 70.2 Å². The summed E-state index contributed by atoms with van der Waals surface area (Å²) in [4.78, 5) is 64.8. The second-order valence-electron chi connectivity index (χ2n) is 7.10. The topological polar surface area (TPSA) is 160 Å². The van der Waals surface area contributed by atoms with Gasteiger partial charge in [-0.3, -0.25) is 24.0 Å². The quantitative estimate of drug-likeness (QED) is 0.221. The van der Waals surface area contributed by atoms with Gasteiger partial charge in [0, 0.05) is 33.8 Å². The maximum absolute atomic E-state index is 11.0. The zero-order chi connectivity index (χ0) is 28.8. The molecule has 0 aromatic heterocycles. The molecule has 200 valence electrons. The molecule has 2 aromatic rings. The number of esters is 4. The van der Waals surface area contributed by atoms with Crippen LogP contribution in [-0.2, 0) is 28.8 Å². The number of allylic oxidation sites excluding steroid dienone is 1. The summed E-state index contributed by atoms with van der Waals surface area (Å²) >= 11 is 5.17. The zero-order valence-electron chi connectivity index (χ0n) is 20.7. The number of carbonyl (C=O) groups is 6. The van der Waals surface area contributed by atoms with Gasteiger partial charge >= 0.3 is 29.8 Å². The van der Waals surface area contributed by atoms with Gasteiger partial charge in [0.1, 0.15) is 0 Å². The van der Waals surface area contributed by atoms with Crippen LogP contribution in [0, 0.1) is 0 Å². The molecule has 0 fully saturated rings. The first-order chi connectivity index (χ1) is 17.8. The summed E-state index contributed by atoms with van der Waals surface area (Å²) in [6.45, 7) is 4.88. The second kappa shape index (κ2) is 15.4. The van der Waals surface area contributed by atoms with Crippen LogP contribution in [0.1, 0.15) is 38.8 Å². The maximum atomic E-state index is 11.0. The van der Waals surface area contributed by atoms with Crippen LogP contribution in [0.5, 0.6) is 23.0 Å². The molecule has 1 N–H and O–H groups in total. The molecule has 0 aliphatic carbocycles. The minimum absolute atomic E-state index is 0.0511. The van der Waals surface area contributed by atoms with Crippen molar-refractivity contribution in [3.05, 3.63) is 59.7 Å². The number of carboxylic acids is 1. The summed E-state index contributed by atoms with van der Waals surface area (Å²) in [5.41, 5.74) is 1.07. The molecular weight excluding hydrogens is 524 g/mol. The number of carboxylic acid groups (broad SMARTS) is 1. The highest BCUT2D eigenvalue weighted by Crippen LogP contribution is 2.30. The van der Waals surface area contributed by atoms with Crippen LogP contribution in [-0.4, -0.2) is 40.2 Å². The van der Waals surface area contributed by atoms with E-state index in [2.05, 4.69) is 0 Å². The highest BCUT2D eigenvalue weighted by atomic mass is 35.5. The van der Waals surface area contributed by atoms with E-state index in [4.69, 9.17) is 35.7 Å². The fourth-order valence-electron chi connectivity index (χ4n) is 2.53. The third-order valence-electron chi connectivity index (χ3n) is 3.78. The number of ether oxygens (including phenoxy) is 4. The molecule has 0 radical (unpaired) electrons. The average molecular weight is 547 g/mol. The minimum Gasteiger partial charge on any atom is -0.478 e. The van der Waals surface area contributed by atoms with Crippen molar-refractivity contribution < 1.29 is 52.8 Å². The molecule has 0 aliphatic rings. The Labute approximate surface area is 222 Å². The lowest BCUT2D eigenvalue weighted by atomic mass is 10.2. The van der Waals surface area contributed by atoms with Gasteiger partial charge in [0.15, 0.2) is 23.0 Å². The summed E-state index contributed by atoms with van der Waals surface area (Å²) in [6, 6.07) is 8.85. The van der Waals surface area contributed by atoms with Crippen molar-refractivity contribution in [1.29, 1.82) is 0 Å². The van der Waals surface area contributed by atoms with Crippen LogP contribution >= 0.6 is 11.6 Å². The molecule has 0 unspecified atom stereocenters. The summed E-state index contributed by atoms with van der Waals surface area (Å²) in [6.07, 6.45) is 4.87. The van der Waals surface area contributed by atoms with E-state index < -0.39 is 35.1 Å². The molecule has 0 saturated heterocycles. The smallest absolute Gasteiger partial charge is 0.328 e. The Morgan fingerprint density at radius 3 is 1.26 bits per heavy atom.